The van der Waals surface area contributed by atoms with Crippen LogP contribution in [0.15, 0.2) is 55.2 Å². The molecule has 8 heteroatoms. The van der Waals surface area contributed by atoms with E-state index >= 15 is 0 Å². The Labute approximate surface area is 157 Å². The smallest absolute Gasteiger partial charge is 0.245 e. The van der Waals surface area contributed by atoms with Crippen LogP contribution in [-0.2, 0) is 22.6 Å². The van der Waals surface area contributed by atoms with Crippen molar-refractivity contribution in [1.29, 1.82) is 0 Å². The van der Waals surface area contributed by atoms with Crippen molar-refractivity contribution in [2.24, 2.45) is 0 Å². The van der Waals surface area contributed by atoms with Gasteiger partial charge in [0.25, 0.3) is 0 Å². The van der Waals surface area contributed by atoms with Gasteiger partial charge in [-0.15, -0.1) is 0 Å². The Morgan fingerprint density at radius 1 is 1.33 bits per heavy atom. The van der Waals surface area contributed by atoms with E-state index in [-0.39, 0.29) is 11.8 Å². The Bertz CT molecular complexity index is 889. The molecule has 0 aliphatic carbocycles. The van der Waals surface area contributed by atoms with Crippen LogP contribution in [-0.4, -0.2) is 49.6 Å². The summed E-state index contributed by atoms with van der Waals surface area (Å²) >= 11 is 0. The summed E-state index contributed by atoms with van der Waals surface area (Å²) in [6.45, 7) is 1.83. The highest BCUT2D eigenvalue weighted by Gasteiger charge is 2.24. The topological polar surface area (TPSA) is 95.9 Å². The van der Waals surface area contributed by atoms with Gasteiger partial charge in [-0.3, -0.25) is 9.59 Å². The third-order valence-corrected chi connectivity index (χ3v) is 4.13. The lowest BCUT2D eigenvalue weighted by Gasteiger charge is -2.24. The van der Waals surface area contributed by atoms with E-state index in [0.29, 0.717) is 13.0 Å². The minimum absolute atomic E-state index is 0.163. The number of carbonyl (C=O) groups is 2. The molecule has 0 bridgehead atoms. The molecule has 2 N–H and O–H groups in total. The molecule has 0 saturated carbocycles. The van der Waals surface area contributed by atoms with Gasteiger partial charge in [-0.05, 0) is 23.8 Å². The number of nitrogens with one attached hydrogen (secondary N) is 2. The molecule has 27 heavy (non-hydrogen) atoms. The summed E-state index contributed by atoms with van der Waals surface area (Å²) in [6, 6.07) is 9.04. The quantitative estimate of drug-likeness (QED) is 0.659. The van der Waals surface area contributed by atoms with Gasteiger partial charge in [-0.1, -0.05) is 12.1 Å². The number of nitrogens with zero attached hydrogens (tertiary/aromatic N) is 4. The number of aromatic nitrogens is 4. The average molecular weight is 366 g/mol. The summed E-state index contributed by atoms with van der Waals surface area (Å²) in [5, 5.41) is 6.95. The fourth-order valence-corrected chi connectivity index (χ4v) is 2.90. The summed E-state index contributed by atoms with van der Waals surface area (Å²) in [5.74, 6) is -0.411. The molecule has 1 atom stereocenters. The molecule has 2 heterocycles. The monoisotopic (exact) mass is 366 g/mol. The highest BCUT2D eigenvalue weighted by Crippen LogP contribution is 2.12. The molecular formula is C19H22N6O2. The van der Waals surface area contributed by atoms with Crippen molar-refractivity contribution in [2.75, 3.05) is 7.05 Å². The second-order valence-corrected chi connectivity index (χ2v) is 6.35. The number of benzene rings is 1. The van der Waals surface area contributed by atoms with Gasteiger partial charge in [0.1, 0.15) is 6.04 Å². The van der Waals surface area contributed by atoms with E-state index < -0.39 is 6.04 Å². The molecule has 0 unspecified atom stereocenters. The molecule has 0 spiro atoms. The van der Waals surface area contributed by atoms with Crippen molar-refractivity contribution < 1.29 is 9.59 Å². The van der Waals surface area contributed by atoms with Crippen LogP contribution in [0.1, 0.15) is 18.2 Å². The molecule has 3 rings (SSSR count). The van der Waals surface area contributed by atoms with Crippen molar-refractivity contribution in [2.45, 2.75) is 25.9 Å². The number of carbonyl (C=O) groups excluding carboxylic acids is 2. The summed E-state index contributed by atoms with van der Waals surface area (Å²) in [5.41, 5.74) is 2.69. The first-order chi connectivity index (χ1) is 13.0. The molecule has 3 aromatic rings. The van der Waals surface area contributed by atoms with Crippen molar-refractivity contribution in [3.8, 4) is 5.69 Å². The van der Waals surface area contributed by atoms with Gasteiger partial charge in [0, 0.05) is 51.2 Å². The van der Waals surface area contributed by atoms with Crippen molar-refractivity contribution in [3.63, 3.8) is 0 Å². The minimum Gasteiger partial charge on any atom is -0.348 e. The molecule has 2 aromatic heterocycles. The molecule has 8 nitrogen and oxygen atoms in total. The number of aromatic amines is 1. The van der Waals surface area contributed by atoms with E-state index in [0.717, 1.165) is 16.9 Å². The number of likely N-dealkylation sites (N-methyl/N-ethyl adjacent to an activating group) is 1. The highest BCUT2D eigenvalue weighted by atomic mass is 16.2. The van der Waals surface area contributed by atoms with Gasteiger partial charge >= 0.3 is 0 Å². The molecule has 0 aliphatic rings. The number of imidazole rings is 1. The predicted octanol–water partition coefficient (Wildman–Crippen LogP) is 1.30. The standard InChI is InChI=1S/C19H22N6O2/c1-14(26)23-18(10-16-11-20-13-21-16)19(27)24(2)12-15-5-3-6-17(9-15)25-8-4-7-22-25/h3-9,11,13,18H,10,12H2,1-2H3,(H,20,21)(H,23,26)/t18-/m0/s1. The van der Waals surface area contributed by atoms with Crippen LogP contribution >= 0.6 is 0 Å². The first-order valence-electron chi connectivity index (χ1n) is 8.61. The summed E-state index contributed by atoms with van der Waals surface area (Å²) < 4.78 is 1.77. The summed E-state index contributed by atoms with van der Waals surface area (Å²) in [7, 11) is 1.73. The number of hydrogen-bond acceptors (Lipinski definition) is 4. The maximum Gasteiger partial charge on any atom is 0.245 e. The molecule has 1 aromatic carbocycles. The second kappa shape index (κ2) is 8.31. The van der Waals surface area contributed by atoms with Crippen molar-refractivity contribution >= 4 is 11.8 Å². The molecule has 0 radical (unpaired) electrons. The predicted molar refractivity (Wildman–Crippen MR) is 99.9 cm³/mol. The Balaban J connectivity index is 1.71. The van der Waals surface area contributed by atoms with Crippen LogP contribution in [0.5, 0.6) is 0 Å². The van der Waals surface area contributed by atoms with E-state index in [9.17, 15) is 9.59 Å². The van der Waals surface area contributed by atoms with Crippen LogP contribution in [0.2, 0.25) is 0 Å². The molecule has 2 amide bonds. The zero-order valence-corrected chi connectivity index (χ0v) is 15.3. The maximum absolute atomic E-state index is 12.9. The van der Waals surface area contributed by atoms with E-state index in [4.69, 9.17) is 0 Å². The zero-order chi connectivity index (χ0) is 19.2. The van der Waals surface area contributed by atoms with Gasteiger partial charge in [0.05, 0.1) is 12.0 Å². The molecular weight excluding hydrogens is 344 g/mol. The fourth-order valence-electron chi connectivity index (χ4n) is 2.90. The number of H-pyrrole nitrogens is 1. The third-order valence-electron chi connectivity index (χ3n) is 4.13. The molecule has 0 aliphatic heterocycles. The summed E-state index contributed by atoms with van der Waals surface area (Å²) in [6.07, 6.45) is 7.14. The lowest BCUT2D eigenvalue weighted by molar-refractivity contribution is -0.135. The maximum atomic E-state index is 12.9. The largest absolute Gasteiger partial charge is 0.348 e. The van der Waals surface area contributed by atoms with E-state index in [2.05, 4.69) is 20.4 Å². The molecule has 0 saturated heterocycles. The number of rotatable bonds is 7. The molecule has 0 fully saturated rings. The van der Waals surface area contributed by atoms with Crippen LogP contribution in [0.3, 0.4) is 0 Å². The van der Waals surface area contributed by atoms with E-state index in [1.54, 1.807) is 35.4 Å². The van der Waals surface area contributed by atoms with Crippen LogP contribution in [0.4, 0.5) is 0 Å². The Morgan fingerprint density at radius 3 is 2.85 bits per heavy atom. The molecule has 140 valence electrons. The van der Waals surface area contributed by atoms with E-state index in [1.807, 2.05) is 36.5 Å². The van der Waals surface area contributed by atoms with Crippen molar-refractivity contribution in [3.05, 3.63) is 66.5 Å². The average Bonchev–Trinajstić information content (AvgIpc) is 3.34. The van der Waals surface area contributed by atoms with Crippen LogP contribution < -0.4 is 5.32 Å². The Hall–Kier alpha value is -3.42. The van der Waals surface area contributed by atoms with Crippen LogP contribution in [0.25, 0.3) is 5.69 Å². The van der Waals surface area contributed by atoms with Gasteiger partial charge in [-0.2, -0.15) is 5.10 Å². The van der Waals surface area contributed by atoms with Gasteiger partial charge in [0.2, 0.25) is 11.8 Å². The first-order valence-corrected chi connectivity index (χ1v) is 8.61. The lowest BCUT2D eigenvalue weighted by Crippen LogP contribution is -2.47. The number of amides is 2. The van der Waals surface area contributed by atoms with Crippen molar-refractivity contribution in [1.82, 2.24) is 30.0 Å². The zero-order valence-electron chi connectivity index (χ0n) is 15.3. The summed E-state index contributed by atoms with van der Waals surface area (Å²) in [4.78, 5) is 32.9. The Kier molecular flexibility index (Phi) is 5.65. The second-order valence-electron chi connectivity index (χ2n) is 6.35. The number of hydrogen-bond donors (Lipinski definition) is 2. The normalized spacial score (nSPS) is 11.8. The minimum atomic E-state index is -0.651. The highest BCUT2D eigenvalue weighted by molar-refractivity contribution is 5.87. The Morgan fingerprint density at radius 2 is 2.19 bits per heavy atom. The van der Waals surface area contributed by atoms with Crippen LogP contribution in [0, 0.1) is 0 Å². The van der Waals surface area contributed by atoms with Gasteiger partial charge in [0.15, 0.2) is 0 Å². The lowest BCUT2D eigenvalue weighted by atomic mass is 10.1. The third kappa shape index (κ3) is 4.81. The van der Waals surface area contributed by atoms with Gasteiger partial charge < -0.3 is 15.2 Å². The van der Waals surface area contributed by atoms with E-state index in [1.165, 1.54) is 6.92 Å². The van der Waals surface area contributed by atoms with Gasteiger partial charge in [-0.25, -0.2) is 9.67 Å². The fraction of sp³-hybridized carbons (Fsp3) is 0.263. The first kappa shape index (κ1) is 18.4. The SMILES string of the molecule is CC(=O)N[C@@H](Cc1cnc[nH]1)C(=O)N(C)Cc1cccc(-n2cccn2)c1.